The molecule has 1 aliphatic carbocycles. The number of halogens is 1. The van der Waals surface area contributed by atoms with Crippen molar-refractivity contribution in [1.82, 2.24) is 16.0 Å². The number of amides is 1. The number of guanidine groups is 1. The summed E-state index contributed by atoms with van der Waals surface area (Å²) in [6.45, 7) is 13.6. The number of nitrogens with one attached hydrogen (secondary N) is 3. The molecular weight excluding hydrogens is 483 g/mol. The fourth-order valence-corrected chi connectivity index (χ4v) is 4.33. The maximum atomic E-state index is 12.0. The van der Waals surface area contributed by atoms with Crippen LogP contribution < -0.4 is 16.0 Å². The Bertz CT molecular complexity index is 563. The Hall–Kier alpha value is -0.770. The Morgan fingerprint density at radius 3 is 2.62 bits per heavy atom. The van der Waals surface area contributed by atoms with Gasteiger partial charge in [-0.25, -0.2) is 4.79 Å². The lowest BCUT2D eigenvalue weighted by atomic mass is 9.57. The highest BCUT2D eigenvalue weighted by atomic mass is 127. The normalized spacial score (nSPS) is 26.4. The van der Waals surface area contributed by atoms with Gasteiger partial charge in [-0.15, -0.1) is 24.0 Å². The minimum atomic E-state index is -0.496. The monoisotopic (exact) mass is 524 g/mol. The van der Waals surface area contributed by atoms with Crippen molar-refractivity contribution in [3.63, 3.8) is 0 Å². The molecule has 2 fully saturated rings. The largest absolute Gasteiger partial charge is 0.444 e. The number of nitrogens with zero attached hydrogens (tertiary/aromatic N) is 1. The molecule has 0 spiro atoms. The summed E-state index contributed by atoms with van der Waals surface area (Å²) >= 11 is 0. The van der Waals surface area contributed by atoms with Crippen LogP contribution in [0.2, 0.25) is 0 Å². The molecule has 3 N–H and O–H groups in total. The molecule has 1 saturated heterocycles. The van der Waals surface area contributed by atoms with Gasteiger partial charge in [0.2, 0.25) is 0 Å². The zero-order valence-corrected chi connectivity index (χ0v) is 21.5. The molecule has 2 rings (SSSR count). The van der Waals surface area contributed by atoms with Gasteiger partial charge in [0.15, 0.2) is 5.96 Å². The van der Waals surface area contributed by atoms with E-state index in [0.29, 0.717) is 24.6 Å². The maximum absolute atomic E-state index is 12.0. The lowest BCUT2D eigenvalue weighted by molar-refractivity contribution is -0.106. The summed E-state index contributed by atoms with van der Waals surface area (Å²) < 4.78 is 11.2. The first-order valence-corrected chi connectivity index (χ1v) is 10.7. The zero-order chi connectivity index (χ0) is 20.9. The van der Waals surface area contributed by atoms with Gasteiger partial charge in [-0.05, 0) is 33.6 Å². The number of unbranched alkanes of at least 4 members (excludes halogenated alkanes) is 1. The number of fused-ring (bicyclic) bond motifs is 1. The van der Waals surface area contributed by atoms with Crippen molar-refractivity contribution >= 4 is 36.0 Å². The van der Waals surface area contributed by atoms with Crippen molar-refractivity contribution < 1.29 is 14.3 Å². The van der Waals surface area contributed by atoms with Crippen LogP contribution >= 0.6 is 24.0 Å². The van der Waals surface area contributed by atoms with Gasteiger partial charge in [-0.3, -0.25) is 4.99 Å². The molecule has 29 heavy (non-hydrogen) atoms. The molecule has 4 unspecified atom stereocenters. The fraction of sp³-hybridized carbons (Fsp3) is 0.905. The topological polar surface area (TPSA) is 84.0 Å². The quantitative estimate of drug-likeness (QED) is 0.269. The van der Waals surface area contributed by atoms with Crippen LogP contribution in [0.25, 0.3) is 0 Å². The first-order chi connectivity index (χ1) is 13.1. The van der Waals surface area contributed by atoms with Gasteiger partial charge in [0.1, 0.15) is 5.60 Å². The second-order valence-corrected chi connectivity index (χ2v) is 9.63. The van der Waals surface area contributed by atoms with E-state index in [4.69, 9.17) is 9.47 Å². The molecule has 1 saturated carbocycles. The number of carbonyl (C=O) groups excluding carboxylic acids is 1. The Morgan fingerprint density at radius 1 is 1.34 bits per heavy atom. The molecule has 170 valence electrons. The van der Waals surface area contributed by atoms with Crippen molar-refractivity contribution in [2.45, 2.75) is 91.0 Å². The molecule has 0 radical (unpaired) electrons. The second-order valence-electron chi connectivity index (χ2n) is 9.63. The highest BCUT2D eigenvalue weighted by molar-refractivity contribution is 14.0. The van der Waals surface area contributed by atoms with Crippen LogP contribution in [0.3, 0.4) is 0 Å². The van der Waals surface area contributed by atoms with Crippen LogP contribution in [0.5, 0.6) is 0 Å². The molecule has 1 aliphatic heterocycles. The summed E-state index contributed by atoms with van der Waals surface area (Å²) in [6.07, 6.45) is 4.20. The van der Waals surface area contributed by atoms with Crippen molar-refractivity contribution in [1.29, 1.82) is 0 Å². The molecule has 8 heteroatoms. The average Bonchev–Trinajstić information content (AvgIpc) is 3.05. The van der Waals surface area contributed by atoms with Gasteiger partial charge in [-0.1, -0.05) is 33.6 Å². The van der Waals surface area contributed by atoms with Gasteiger partial charge < -0.3 is 25.4 Å². The molecule has 0 aromatic rings. The molecule has 0 bridgehead atoms. The van der Waals surface area contributed by atoms with E-state index in [1.807, 2.05) is 20.8 Å². The van der Waals surface area contributed by atoms with Gasteiger partial charge in [0.25, 0.3) is 0 Å². The fourth-order valence-electron chi connectivity index (χ4n) is 4.33. The highest BCUT2D eigenvalue weighted by Crippen LogP contribution is 2.52. The Morgan fingerprint density at radius 2 is 2.03 bits per heavy atom. The van der Waals surface area contributed by atoms with E-state index < -0.39 is 5.60 Å². The number of carbonyl (C=O) groups is 1. The smallest absolute Gasteiger partial charge is 0.407 e. The first kappa shape index (κ1) is 26.3. The van der Waals surface area contributed by atoms with Gasteiger partial charge in [-0.2, -0.15) is 0 Å². The SMILES string of the molecule is CCCCC(CNC(=O)OC(C)(C)C)NC(=NC)NC1C2CCOC2C1(C)C.I. The zero-order valence-electron chi connectivity index (χ0n) is 19.1. The lowest BCUT2D eigenvalue weighted by Gasteiger charge is -2.55. The van der Waals surface area contributed by atoms with E-state index in [-0.39, 0.29) is 41.5 Å². The van der Waals surface area contributed by atoms with E-state index in [1.54, 1.807) is 7.05 Å². The standard InChI is InChI=1S/C21H40N4O3.HI/c1-8-9-10-14(13-23-19(26)28-20(2,3)4)24-18(22-7)25-16-15-11-12-27-17(15)21(16,5)6;/h14-17H,8-13H2,1-7H3,(H,23,26)(H2,22,24,25);1H. The Labute approximate surface area is 193 Å². The van der Waals surface area contributed by atoms with Gasteiger partial charge in [0, 0.05) is 43.6 Å². The van der Waals surface area contributed by atoms with Crippen LogP contribution in [-0.2, 0) is 9.47 Å². The molecule has 7 nitrogen and oxygen atoms in total. The summed E-state index contributed by atoms with van der Waals surface area (Å²) in [7, 11) is 1.79. The molecule has 0 aromatic carbocycles. The van der Waals surface area contributed by atoms with E-state index in [2.05, 4.69) is 41.7 Å². The highest BCUT2D eigenvalue weighted by Gasteiger charge is 2.59. The average molecular weight is 524 g/mol. The number of rotatable bonds is 7. The third-order valence-electron chi connectivity index (χ3n) is 5.75. The molecule has 2 aliphatic rings. The van der Waals surface area contributed by atoms with Gasteiger partial charge >= 0.3 is 6.09 Å². The predicted octanol–water partition coefficient (Wildman–Crippen LogP) is 3.67. The molecule has 1 heterocycles. The number of ether oxygens (including phenoxy) is 2. The van der Waals surface area contributed by atoms with Crippen LogP contribution in [0, 0.1) is 11.3 Å². The number of alkyl carbamates (subject to hydrolysis) is 1. The number of hydrogen-bond acceptors (Lipinski definition) is 4. The summed E-state index contributed by atoms with van der Waals surface area (Å²) in [5, 5.41) is 10.00. The van der Waals surface area contributed by atoms with Crippen LogP contribution in [-0.4, -0.2) is 56.0 Å². The molecule has 4 atom stereocenters. The van der Waals surface area contributed by atoms with Gasteiger partial charge in [0.05, 0.1) is 6.10 Å². The van der Waals surface area contributed by atoms with E-state index in [9.17, 15) is 4.79 Å². The van der Waals surface area contributed by atoms with E-state index in [0.717, 1.165) is 38.2 Å². The summed E-state index contributed by atoms with van der Waals surface area (Å²) in [5.74, 6) is 1.33. The first-order valence-electron chi connectivity index (χ1n) is 10.7. The minimum Gasteiger partial charge on any atom is -0.444 e. The minimum absolute atomic E-state index is 0. The number of hydrogen-bond donors (Lipinski definition) is 3. The van der Waals surface area contributed by atoms with Crippen LogP contribution in [0.4, 0.5) is 4.79 Å². The second kappa shape index (κ2) is 11.0. The third-order valence-corrected chi connectivity index (χ3v) is 5.75. The summed E-state index contributed by atoms with van der Waals surface area (Å²) in [4.78, 5) is 16.4. The molecule has 0 aromatic heterocycles. The lowest BCUT2D eigenvalue weighted by Crippen LogP contribution is -2.68. The maximum Gasteiger partial charge on any atom is 0.407 e. The van der Waals surface area contributed by atoms with E-state index >= 15 is 0 Å². The third kappa shape index (κ3) is 7.15. The van der Waals surface area contributed by atoms with Crippen molar-refractivity contribution in [3.8, 4) is 0 Å². The van der Waals surface area contributed by atoms with Crippen LogP contribution in [0.15, 0.2) is 4.99 Å². The van der Waals surface area contributed by atoms with Crippen molar-refractivity contribution in [2.75, 3.05) is 20.2 Å². The van der Waals surface area contributed by atoms with E-state index in [1.165, 1.54) is 0 Å². The summed E-state index contributed by atoms with van der Waals surface area (Å²) in [5.41, 5.74) is -0.407. The Kier molecular flexibility index (Phi) is 9.98. The van der Waals surface area contributed by atoms with Crippen LogP contribution in [0.1, 0.15) is 67.2 Å². The predicted molar refractivity (Wildman–Crippen MR) is 128 cm³/mol. The summed E-state index contributed by atoms with van der Waals surface area (Å²) in [6, 6.07) is 0.439. The van der Waals surface area contributed by atoms with Crippen molar-refractivity contribution in [3.05, 3.63) is 0 Å². The Balaban J connectivity index is 0.00000420. The number of aliphatic imine (C=N–C) groups is 1. The molecule has 1 amide bonds. The van der Waals surface area contributed by atoms with Crippen molar-refractivity contribution in [2.24, 2.45) is 16.3 Å². The molecular formula is C21H41IN4O3.